The highest BCUT2D eigenvalue weighted by Crippen LogP contribution is 2.32. The van der Waals surface area contributed by atoms with Gasteiger partial charge in [0.1, 0.15) is 23.6 Å². The first-order valence-corrected chi connectivity index (χ1v) is 10.1. The molecular formula is C22H20ClN3O5. The molecule has 2 aromatic carbocycles. The number of amides is 3. The lowest BCUT2D eigenvalue weighted by atomic mass is 10.1. The summed E-state index contributed by atoms with van der Waals surface area (Å²) in [5.41, 5.74) is 6.06. The first-order chi connectivity index (χ1) is 14.9. The Balaban J connectivity index is 1.40. The van der Waals surface area contributed by atoms with Gasteiger partial charge in [0, 0.05) is 18.4 Å². The predicted molar refractivity (Wildman–Crippen MR) is 115 cm³/mol. The average Bonchev–Trinajstić information content (AvgIpc) is 3.30. The number of hydrogen-bond donors (Lipinski definition) is 2. The Labute approximate surface area is 182 Å². The molecule has 0 radical (unpaired) electrons. The molecule has 4 rings (SSSR count). The number of likely N-dealkylation sites (tertiary alicyclic amines) is 1. The molecular weight excluding hydrogens is 422 g/mol. The van der Waals surface area contributed by atoms with Crippen LogP contribution in [0.25, 0.3) is 11.0 Å². The highest BCUT2D eigenvalue weighted by atomic mass is 35.5. The Bertz CT molecular complexity index is 1160. The van der Waals surface area contributed by atoms with Gasteiger partial charge in [0.05, 0.1) is 17.5 Å². The molecule has 0 saturated carbocycles. The Morgan fingerprint density at radius 3 is 2.71 bits per heavy atom. The standard InChI is InChI=1S/C22H20ClN3O5/c23-15-6-2-4-8-17(15)30-10-9-26-12-13(11-18(26)27)22(29)25-19-14-5-1-3-7-16(14)31-20(19)21(24)28/h1-8,13H,9-12H2,(H2,24,28)(H,25,29). The number of nitrogens with two attached hydrogens (primary N) is 1. The van der Waals surface area contributed by atoms with Crippen LogP contribution in [0, 0.1) is 5.92 Å². The van der Waals surface area contributed by atoms with Crippen LogP contribution in [0.5, 0.6) is 5.75 Å². The van der Waals surface area contributed by atoms with E-state index >= 15 is 0 Å². The van der Waals surface area contributed by atoms with Crippen LogP contribution < -0.4 is 15.8 Å². The van der Waals surface area contributed by atoms with Crippen molar-refractivity contribution in [1.82, 2.24) is 4.90 Å². The summed E-state index contributed by atoms with van der Waals surface area (Å²) in [6.45, 7) is 0.829. The maximum atomic E-state index is 12.8. The molecule has 31 heavy (non-hydrogen) atoms. The van der Waals surface area contributed by atoms with Crippen LogP contribution in [0.2, 0.25) is 5.02 Å². The third-order valence-corrected chi connectivity index (χ3v) is 5.42. The lowest BCUT2D eigenvalue weighted by Crippen LogP contribution is -2.31. The summed E-state index contributed by atoms with van der Waals surface area (Å²) < 4.78 is 11.1. The Morgan fingerprint density at radius 1 is 1.19 bits per heavy atom. The van der Waals surface area contributed by atoms with E-state index in [1.807, 2.05) is 6.07 Å². The van der Waals surface area contributed by atoms with E-state index in [2.05, 4.69) is 5.32 Å². The number of ether oxygens (including phenoxy) is 1. The topological polar surface area (TPSA) is 115 Å². The molecule has 3 aromatic rings. The fraction of sp³-hybridized carbons (Fsp3) is 0.227. The van der Waals surface area contributed by atoms with Crippen LogP contribution in [0.1, 0.15) is 17.0 Å². The summed E-state index contributed by atoms with van der Waals surface area (Å²) in [5.74, 6) is -1.46. The molecule has 3 amide bonds. The van der Waals surface area contributed by atoms with Gasteiger partial charge < -0.3 is 25.1 Å². The smallest absolute Gasteiger partial charge is 0.286 e. The number of carbonyl (C=O) groups excluding carboxylic acids is 3. The van der Waals surface area contributed by atoms with Crippen molar-refractivity contribution in [2.24, 2.45) is 11.7 Å². The van der Waals surface area contributed by atoms with Crippen molar-refractivity contribution in [3.05, 3.63) is 59.3 Å². The molecule has 1 atom stereocenters. The Morgan fingerprint density at radius 2 is 1.94 bits per heavy atom. The van der Waals surface area contributed by atoms with Crippen LogP contribution >= 0.6 is 11.6 Å². The maximum absolute atomic E-state index is 12.8. The lowest BCUT2D eigenvalue weighted by molar-refractivity contribution is -0.128. The molecule has 1 aliphatic heterocycles. The minimum absolute atomic E-state index is 0.0691. The molecule has 8 nitrogen and oxygen atoms in total. The van der Waals surface area contributed by atoms with Gasteiger partial charge in [-0.2, -0.15) is 0 Å². The number of primary amides is 1. The van der Waals surface area contributed by atoms with E-state index in [9.17, 15) is 14.4 Å². The van der Waals surface area contributed by atoms with Gasteiger partial charge in [-0.15, -0.1) is 0 Å². The molecule has 0 aliphatic carbocycles. The summed E-state index contributed by atoms with van der Waals surface area (Å²) in [4.78, 5) is 38.5. The summed E-state index contributed by atoms with van der Waals surface area (Å²) in [6, 6.07) is 14.0. The maximum Gasteiger partial charge on any atom is 0.286 e. The zero-order valence-corrected chi connectivity index (χ0v) is 17.2. The van der Waals surface area contributed by atoms with Gasteiger partial charge in [-0.1, -0.05) is 35.9 Å². The van der Waals surface area contributed by atoms with E-state index in [-0.39, 0.29) is 42.8 Å². The number of halogens is 1. The fourth-order valence-corrected chi connectivity index (χ4v) is 3.75. The molecule has 1 fully saturated rings. The first kappa shape index (κ1) is 20.7. The number of benzene rings is 2. The second-order valence-corrected chi connectivity index (χ2v) is 7.58. The minimum atomic E-state index is -0.785. The summed E-state index contributed by atoms with van der Waals surface area (Å²) in [7, 11) is 0. The van der Waals surface area contributed by atoms with Crippen LogP contribution in [0.3, 0.4) is 0 Å². The normalized spacial score (nSPS) is 16.0. The number of anilines is 1. The second-order valence-electron chi connectivity index (χ2n) is 7.18. The average molecular weight is 442 g/mol. The largest absolute Gasteiger partial charge is 0.490 e. The SMILES string of the molecule is NC(=O)c1oc2ccccc2c1NC(=O)C1CC(=O)N(CCOc2ccccc2Cl)C1. The summed E-state index contributed by atoms with van der Waals surface area (Å²) in [5, 5.41) is 3.79. The molecule has 0 bridgehead atoms. The lowest BCUT2D eigenvalue weighted by Gasteiger charge is -2.17. The zero-order chi connectivity index (χ0) is 22.0. The highest BCUT2D eigenvalue weighted by molar-refractivity contribution is 6.32. The van der Waals surface area contributed by atoms with Crippen LogP contribution in [-0.4, -0.2) is 42.3 Å². The van der Waals surface area contributed by atoms with Gasteiger partial charge in [0.15, 0.2) is 0 Å². The number of para-hydroxylation sites is 2. The Hall–Kier alpha value is -3.52. The van der Waals surface area contributed by atoms with Gasteiger partial charge in [-0.3, -0.25) is 14.4 Å². The van der Waals surface area contributed by atoms with Crippen LogP contribution in [-0.2, 0) is 9.59 Å². The van der Waals surface area contributed by atoms with Crippen molar-refractivity contribution >= 4 is 46.0 Å². The number of rotatable bonds is 7. The third kappa shape index (κ3) is 4.34. The number of fused-ring (bicyclic) bond motifs is 1. The van der Waals surface area contributed by atoms with E-state index in [1.165, 1.54) is 0 Å². The van der Waals surface area contributed by atoms with Crippen LogP contribution in [0.4, 0.5) is 5.69 Å². The number of carbonyl (C=O) groups is 3. The molecule has 2 heterocycles. The summed E-state index contributed by atoms with van der Waals surface area (Å²) >= 11 is 6.06. The first-order valence-electron chi connectivity index (χ1n) is 9.71. The quantitative estimate of drug-likeness (QED) is 0.584. The summed E-state index contributed by atoms with van der Waals surface area (Å²) in [6.07, 6.45) is 0.0691. The number of nitrogens with one attached hydrogen (secondary N) is 1. The van der Waals surface area contributed by atoms with Crippen molar-refractivity contribution in [2.75, 3.05) is 25.0 Å². The molecule has 1 saturated heterocycles. The predicted octanol–water partition coefficient (Wildman–Crippen LogP) is 3.05. The Kier molecular flexibility index (Phi) is 5.81. The van der Waals surface area contributed by atoms with Crippen molar-refractivity contribution < 1.29 is 23.5 Å². The second kappa shape index (κ2) is 8.69. The van der Waals surface area contributed by atoms with E-state index in [4.69, 9.17) is 26.5 Å². The minimum Gasteiger partial charge on any atom is -0.490 e. The zero-order valence-electron chi connectivity index (χ0n) is 16.5. The number of hydrogen-bond acceptors (Lipinski definition) is 5. The van der Waals surface area contributed by atoms with Gasteiger partial charge in [0.25, 0.3) is 5.91 Å². The molecule has 1 unspecified atom stereocenters. The van der Waals surface area contributed by atoms with Gasteiger partial charge in [-0.25, -0.2) is 0 Å². The van der Waals surface area contributed by atoms with Crippen LogP contribution in [0.15, 0.2) is 52.9 Å². The van der Waals surface area contributed by atoms with Crippen molar-refractivity contribution in [2.45, 2.75) is 6.42 Å². The van der Waals surface area contributed by atoms with Gasteiger partial charge in [-0.05, 0) is 24.3 Å². The van der Waals surface area contributed by atoms with E-state index in [0.717, 1.165) is 0 Å². The van der Waals surface area contributed by atoms with Crippen molar-refractivity contribution in [1.29, 1.82) is 0 Å². The van der Waals surface area contributed by atoms with E-state index in [1.54, 1.807) is 47.4 Å². The molecule has 160 valence electrons. The monoisotopic (exact) mass is 441 g/mol. The molecule has 0 spiro atoms. The van der Waals surface area contributed by atoms with Crippen molar-refractivity contribution in [3.8, 4) is 5.75 Å². The molecule has 1 aromatic heterocycles. The number of nitrogens with zero attached hydrogens (tertiary/aromatic N) is 1. The molecule has 9 heteroatoms. The van der Waals surface area contributed by atoms with Crippen molar-refractivity contribution in [3.63, 3.8) is 0 Å². The highest BCUT2D eigenvalue weighted by Gasteiger charge is 2.35. The molecule has 3 N–H and O–H groups in total. The fourth-order valence-electron chi connectivity index (χ4n) is 3.56. The number of furan rings is 1. The van der Waals surface area contributed by atoms with E-state index in [0.29, 0.717) is 28.3 Å². The molecule has 1 aliphatic rings. The van der Waals surface area contributed by atoms with Gasteiger partial charge >= 0.3 is 0 Å². The van der Waals surface area contributed by atoms with Gasteiger partial charge in [0.2, 0.25) is 17.6 Å². The third-order valence-electron chi connectivity index (χ3n) is 5.11. The van der Waals surface area contributed by atoms with E-state index < -0.39 is 11.8 Å².